The third kappa shape index (κ3) is 2.80. The second-order valence-corrected chi connectivity index (χ2v) is 7.43. The Morgan fingerprint density at radius 3 is 3.00 bits per heavy atom. The summed E-state index contributed by atoms with van der Waals surface area (Å²) in [5, 5.41) is 10.0. The van der Waals surface area contributed by atoms with E-state index >= 15 is 0 Å². The average Bonchev–Trinajstić information content (AvgIpc) is 3.07. The van der Waals surface area contributed by atoms with Crippen LogP contribution in [0.1, 0.15) is 26.0 Å². The van der Waals surface area contributed by atoms with Crippen molar-refractivity contribution in [3.05, 3.63) is 20.0 Å². The number of ether oxygens (including phenoxy) is 1. The normalized spacial score (nSPS) is 26.0. The number of aliphatic hydroxyl groups excluding tert-OH is 1. The maximum atomic E-state index is 12.4. The molecule has 1 fully saturated rings. The molecule has 0 amide bonds. The molecule has 0 saturated carbocycles. The number of hydrogen-bond donors (Lipinski definition) is 3. The minimum absolute atomic E-state index is 0.0148. The van der Waals surface area contributed by atoms with Crippen molar-refractivity contribution in [3.63, 3.8) is 0 Å². The highest BCUT2D eigenvalue weighted by Crippen LogP contribution is 2.38. The van der Waals surface area contributed by atoms with Crippen molar-refractivity contribution in [1.29, 1.82) is 0 Å². The lowest BCUT2D eigenvalue weighted by Gasteiger charge is -2.19. The van der Waals surface area contributed by atoms with Gasteiger partial charge in [0.05, 0.1) is 17.5 Å². The van der Waals surface area contributed by atoms with E-state index in [-0.39, 0.29) is 32.5 Å². The van der Waals surface area contributed by atoms with E-state index in [0.717, 1.165) is 11.3 Å². The fraction of sp³-hybridized carbons (Fsp3) is 0.615. The number of aromatic nitrogens is 3. The molecule has 0 spiro atoms. The van der Waals surface area contributed by atoms with Gasteiger partial charge in [-0.3, -0.25) is 19.1 Å². The fourth-order valence-corrected chi connectivity index (χ4v) is 4.43. The lowest BCUT2D eigenvalue weighted by Crippen LogP contribution is -2.28. The summed E-state index contributed by atoms with van der Waals surface area (Å²) in [5.41, 5.74) is 5.40. The first kappa shape index (κ1) is 16.5. The summed E-state index contributed by atoms with van der Waals surface area (Å²) in [5.74, 6) is -0.0436. The van der Waals surface area contributed by atoms with Crippen LogP contribution in [0.4, 0.5) is 5.95 Å². The predicted octanol–water partition coefficient (Wildman–Crippen LogP) is 0.518. The van der Waals surface area contributed by atoms with Gasteiger partial charge in [-0.15, -0.1) is 0 Å². The first-order valence-electron chi connectivity index (χ1n) is 7.23. The van der Waals surface area contributed by atoms with Gasteiger partial charge < -0.3 is 15.6 Å². The third-order valence-corrected chi connectivity index (χ3v) is 5.97. The Balaban J connectivity index is 2.10. The highest BCUT2D eigenvalue weighted by molar-refractivity contribution is 7.99. The summed E-state index contributed by atoms with van der Waals surface area (Å²) in [7, 11) is 0. The molecule has 2 aromatic rings. The lowest BCUT2D eigenvalue weighted by molar-refractivity contribution is -0.0584. The van der Waals surface area contributed by atoms with Gasteiger partial charge in [0.1, 0.15) is 4.70 Å². The predicted molar refractivity (Wildman–Crippen MR) is 91.0 cm³/mol. The Morgan fingerprint density at radius 1 is 1.61 bits per heavy atom. The van der Waals surface area contributed by atoms with Crippen LogP contribution in [0.25, 0.3) is 10.3 Å². The maximum absolute atomic E-state index is 12.4. The molecule has 4 N–H and O–H groups in total. The minimum atomic E-state index is -0.586. The molecular formula is C13H18N4O4S2. The van der Waals surface area contributed by atoms with Gasteiger partial charge in [0, 0.05) is 0 Å². The van der Waals surface area contributed by atoms with Crippen LogP contribution in [-0.4, -0.2) is 43.4 Å². The van der Waals surface area contributed by atoms with Crippen LogP contribution in [0.2, 0.25) is 0 Å². The van der Waals surface area contributed by atoms with Crippen molar-refractivity contribution in [3.8, 4) is 0 Å². The Labute approximate surface area is 139 Å². The number of nitrogen functional groups attached to an aromatic ring is 1. The Kier molecular flexibility index (Phi) is 4.50. The molecule has 1 aliphatic rings. The molecule has 23 heavy (non-hydrogen) atoms. The Hall–Kier alpha value is -1.36. The highest BCUT2D eigenvalue weighted by atomic mass is 32.2. The van der Waals surface area contributed by atoms with Crippen molar-refractivity contribution in [2.45, 2.75) is 43.5 Å². The van der Waals surface area contributed by atoms with Gasteiger partial charge in [0.25, 0.3) is 5.56 Å². The second kappa shape index (κ2) is 6.27. The van der Waals surface area contributed by atoms with Crippen LogP contribution in [-0.2, 0) is 4.74 Å². The average molecular weight is 358 g/mol. The number of nitrogens with zero attached hydrogens (tertiary/aromatic N) is 2. The molecule has 10 heteroatoms. The highest BCUT2D eigenvalue weighted by Gasteiger charge is 2.40. The molecule has 1 aliphatic heterocycles. The molecule has 0 radical (unpaired) electrons. The number of rotatable bonds is 4. The van der Waals surface area contributed by atoms with E-state index in [0.29, 0.717) is 12.8 Å². The van der Waals surface area contributed by atoms with Gasteiger partial charge in [-0.2, -0.15) is 16.7 Å². The van der Waals surface area contributed by atoms with Gasteiger partial charge >= 0.3 is 4.87 Å². The zero-order valence-electron chi connectivity index (χ0n) is 12.7. The van der Waals surface area contributed by atoms with Crippen molar-refractivity contribution >= 4 is 39.4 Å². The number of nitrogens with two attached hydrogens (primary N) is 1. The first-order chi connectivity index (χ1) is 11.0. The first-order valence-corrected chi connectivity index (χ1v) is 9.33. The summed E-state index contributed by atoms with van der Waals surface area (Å²) >= 11 is 2.38. The Bertz CT molecular complexity index is 829. The summed E-state index contributed by atoms with van der Waals surface area (Å²) in [6.07, 6.45) is 1.62. The van der Waals surface area contributed by atoms with Crippen LogP contribution in [0.5, 0.6) is 0 Å². The van der Waals surface area contributed by atoms with Crippen LogP contribution in [0, 0.1) is 0 Å². The molecule has 8 nitrogen and oxygen atoms in total. The zero-order chi connectivity index (χ0) is 16.7. The maximum Gasteiger partial charge on any atom is 0.311 e. The molecule has 1 saturated heterocycles. The van der Waals surface area contributed by atoms with Crippen LogP contribution in [0.3, 0.4) is 0 Å². The SMILES string of the molecule is CCC(O)[C@@H]1C[C@@H](SC)[C@H](n2c(=O)sc3c(=O)[nH]c(N)nc32)O1. The Morgan fingerprint density at radius 2 is 2.35 bits per heavy atom. The number of thioether (sulfide) groups is 1. The number of nitrogens with one attached hydrogen (secondary N) is 1. The number of thiazole rings is 1. The topological polar surface area (TPSA) is 123 Å². The second-order valence-electron chi connectivity index (χ2n) is 5.39. The van der Waals surface area contributed by atoms with Crippen LogP contribution in [0.15, 0.2) is 9.59 Å². The van der Waals surface area contributed by atoms with E-state index in [2.05, 4.69) is 9.97 Å². The summed E-state index contributed by atoms with van der Waals surface area (Å²) in [6, 6.07) is 0. The summed E-state index contributed by atoms with van der Waals surface area (Å²) in [6.45, 7) is 1.88. The number of hydrogen-bond acceptors (Lipinski definition) is 8. The molecular weight excluding hydrogens is 340 g/mol. The van der Waals surface area contributed by atoms with Crippen molar-refractivity contribution < 1.29 is 9.84 Å². The van der Waals surface area contributed by atoms with Crippen molar-refractivity contribution in [2.24, 2.45) is 0 Å². The monoisotopic (exact) mass is 358 g/mol. The van der Waals surface area contributed by atoms with Crippen molar-refractivity contribution in [2.75, 3.05) is 12.0 Å². The van der Waals surface area contributed by atoms with E-state index in [1.165, 1.54) is 4.57 Å². The lowest BCUT2D eigenvalue weighted by atomic mass is 10.1. The summed E-state index contributed by atoms with van der Waals surface area (Å²) in [4.78, 5) is 30.5. The smallest absolute Gasteiger partial charge is 0.311 e. The number of aromatic amines is 1. The van der Waals surface area contributed by atoms with Crippen LogP contribution >= 0.6 is 23.1 Å². The number of aliphatic hydroxyl groups is 1. The molecule has 0 aromatic carbocycles. The number of H-pyrrole nitrogens is 1. The molecule has 0 aliphatic carbocycles. The van der Waals surface area contributed by atoms with Gasteiger partial charge in [-0.1, -0.05) is 18.3 Å². The summed E-state index contributed by atoms with van der Waals surface area (Å²) < 4.78 is 7.55. The van der Waals surface area contributed by atoms with Crippen LogP contribution < -0.4 is 16.2 Å². The van der Waals surface area contributed by atoms with E-state index in [1.54, 1.807) is 11.8 Å². The number of fused-ring (bicyclic) bond motifs is 1. The molecule has 1 unspecified atom stereocenters. The van der Waals surface area contributed by atoms with Crippen molar-refractivity contribution in [1.82, 2.24) is 14.5 Å². The molecule has 3 heterocycles. The number of anilines is 1. The van der Waals surface area contributed by atoms with E-state index in [9.17, 15) is 14.7 Å². The van der Waals surface area contributed by atoms with E-state index in [4.69, 9.17) is 10.5 Å². The van der Waals surface area contributed by atoms with Gasteiger partial charge in [-0.05, 0) is 19.1 Å². The standard InChI is InChI=1S/C13H18N4O4S2/c1-3-5(18)6-4-7(22-2)11(21-6)17-9-8(23-13(17)20)10(19)16-12(14)15-9/h5-7,11,18H,3-4H2,1-2H3,(H3,14,15,16,19)/t5?,6-,7+,11+/m0/s1. The molecule has 4 atom stereocenters. The minimum Gasteiger partial charge on any atom is -0.390 e. The van der Waals surface area contributed by atoms with Gasteiger partial charge in [0.15, 0.2) is 11.9 Å². The zero-order valence-corrected chi connectivity index (χ0v) is 14.3. The quantitative estimate of drug-likeness (QED) is 0.728. The van der Waals surface area contributed by atoms with E-state index < -0.39 is 17.9 Å². The molecule has 3 rings (SSSR count). The van der Waals surface area contributed by atoms with Gasteiger partial charge in [0.2, 0.25) is 5.95 Å². The van der Waals surface area contributed by atoms with E-state index in [1.807, 2.05) is 13.2 Å². The fourth-order valence-electron chi connectivity index (χ4n) is 2.79. The third-order valence-electron chi connectivity index (χ3n) is 3.99. The van der Waals surface area contributed by atoms with Gasteiger partial charge in [-0.25, -0.2) is 0 Å². The molecule has 0 bridgehead atoms. The largest absolute Gasteiger partial charge is 0.390 e. The molecule has 126 valence electrons. The molecule has 2 aromatic heterocycles.